The van der Waals surface area contributed by atoms with Gasteiger partial charge in [-0.15, -0.1) is 0 Å². The quantitative estimate of drug-likeness (QED) is 0.414. The van der Waals surface area contributed by atoms with Crippen LogP contribution in [-0.4, -0.2) is 23.2 Å². The summed E-state index contributed by atoms with van der Waals surface area (Å²) in [6, 6.07) is 0. The molecule has 0 unspecified atom stereocenters. The second-order valence-corrected chi connectivity index (χ2v) is 0.568. The third-order valence-electron chi connectivity index (χ3n) is 0.192. The minimum atomic E-state index is -0.815. The number of hydrogen-bond donors (Lipinski definition) is 0. The molecule has 0 saturated heterocycles. The van der Waals surface area contributed by atoms with Crippen LogP contribution in [0.3, 0.4) is 0 Å². The highest BCUT2D eigenvalue weighted by Crippen LogP contribution is 1.55. The largest absolute Gasteiger partial charge is 0.437 e. The summed E-state index contributed by atoms with van der Waals surface area (Å²) in [5.41, 5.74) is 0. The topological polar surface area (TPSA) is 18.5 Å². The highest BCUT2D eigenvalue weighted by molar-refractivity contribution is 6.17. The summed E-state index contributed by atoms with van der Waals surface area (Å²) in [7, 11) is 2.02. The van der Waals surface area contributed by atoms with E-state index in [4.69, 9.17) is 1.34 Å². The van der Waals surface area contributed by atoms with Gasteiger partial charge in [-0.25, -0.2) is 0 Å². The van der Waals surface area contributed by atoms with Crippen LogP contribution in [0.2, 0.25) is 0 Å². The lowest BCUT2D eigenvalue weighted by atomic mass is 10.4. The second-order valence-electron chi connectivity index (χ2n) is 0.568. The molecule has 0 aromatic rings. The Morgan fingerprint density at radius 3 is 2.00 bits per heavy atom. The molecule has 0 atom stereocenters. The van der Waals surface area contributed by atoms with E-state index in [0.717, 1.165) is 0 Å². The normalized spacial score (nSPS) is 10.4. The van der Waals surface area contributed by atoms with Gasteiger partial charge >= 0.3 is 7.65 Å². The SMILES string of the molecule is [3H]B(OC)OC. The molecule has 0 heterocycles. The first-order valence-electron chi connectivity index (χ1n) is 1.87. The van der Waals surface area contributed by atoms with E-state index in [0.29, 0.717) is 0 Å². The van der Waals surface area contributed by atoms with Gasteiger partial charge in [0, 0.05) is 14.2 Å². The number of rotatable bonds is 2. The van der Waals surface area contributed by atoms with Crippen LogP contribution in [0, 0.1) is 0 Å². The van der Waals surface area contributed by atoms with Gasteiger partial charge in [0.05, 0.1) is 1.34 Å². The molecule has 0 amide bonds. The molecular formula is C2H7BO2. The molecule has 0 bridgehead atoms. The molecule has 0 N–H and O–H groups in total. The Bertz CT molecular complexity index is 30.7. The molecule has 0 aromatic heterocycles. The van der Waals surface area contributed by atoms with Crippen molar-refractivity contribution in [2.24, 2.45) is 0 Å². The average Bonchev–Trinajstić information content (AvgIpc) is 1.65. The summed E-state index contributed by atoms with van der Waals surface area (Å²) in [5, 5.41) is 0. The van der Waals surface area contributed by atoms with E-state index in [1.165, 1.54) is 14.2 Å². The summed E-state index contributed by atoms with van der Waals surface area (Å²) in [5.74, 6) is 0. The van der Waals surface area contributed by atoms with Crippen LogP contribution in [0.25, 0.3) is 0 Å². The van der Waals surface area contributed by atoms with Crippen LogP contribution < -0.4 is 0 Å². The van der Waals surface area contributed by atoms with Gasteiger partial charge in [-0.3, -0.25) is 0 Å². The van der Waals surface area contributed by atoms with E-state index < -0.39 is 7.65 Å². The first kappa shape index (κ1) is 3.19. The molecule has 0 radical (unpaired) electrons. The maximum Gasteiger partial charge on any atom is 0.437 e. The van der Waals surface area contributed by atoms with Gasteiger partial charge in [0.1, 0.15) is 0 Å². The van der Waals surface area contributed by atoms with Crippen LogP contribution >= 0.6 is 0 Å². The van der Waals surface area contributed by atoms with Crippen molar-refractivity contribution in [2.45, 2.75) is 0 Å². The van der Waals surface area contributed by atoms with Crippen LogP contribution in [0.1, 0.15) is 0 Å². The molecule has 0 fully saturated rings. The van der Waals surface area contributed by atoms with Gasteiger partial charge in [0.2, 0.25) is 0 Å². The van der Waals surface area contributed by atoms with Gasteiger partial charge < -0.3 is 9.31 Å². The van der Waals surface area contributed by atoms with Crippen LogP contribution in [-0.2, 0) is 9.31 Å². The van der Waals surface area contributed by atoms with E-state index >= 15 is 0 Å². The predicted octanol–water partition coefficient (Wildman–Crippen LogP) is -0.454. The van der Waals surface area contributed by atoms with E-state index in [-0.39, 0.29) is 0 Å². The summed E-state index contributed by atoms with van der Waals surface area (Å²) >= 11 is 0. The van der Waals surface area contributed by atoms with Crippen molar-refractivity contribution in [1.82, 2.24) is 0 Å². The highest BCUT2D eigenvalue weighted by atomic mass is 16.6. The van der Waals surface area contributed by atoms with Crippen molar-refractivity contribution < 1.29 is 9.31 Å². The summed E-state index contributed by atoms with van der Waals surface area (Å²) in [6.07, 6.45) is 0. The molecule has 0 rings (SSSR count). The molecule has 2 nitrogen and oxygen atoms in total. The van der Waals surface area contributed by atoms with Gasteiger partial charge in [0.15, 0.2) is 0 Å². The Balaban J connectivity index is 2.75. The third-order valence-corrected chi connectivity index (χ3v) is 0.192. The second kappa shape index (κ2) is 3.98. The van der Waals surface area contributed by atoms with E-state index in [9.17, 15) is 0 Å². The fourth-order valence-electron chi connectivity index (χ4n) is 0.0962. The molecule has 5 heavy (non-hydrogen) atoms. The molecule has 30 valence electrons. The lowest BCUT2D eigenvalue weighted by Gasteiger charge is -1.84. The zero-order valence-corrected chi connectivity index (χ0v) is 3.39. The fraction of sp³-hybridized carbons (Fsp3) is 1.00. The summed E-state index contributed by atoms with van der Waals surface area (Å²) in [4.78, 5) is 0. The smallest absolute Gasteiger partial charge is 0.417 e. The van der Waals surface area contributed by atoms with Crippen molar-refractivity contribution in [1.29, 1.82) is 1.34 Å². The van der Waals surface area contributed by atoms with Crippen molar-refractivity contribution in [3.8, 4) is 0 Å². The molecular weight excluding hydrogens is 66.8 g/mol. The minimum Gasteiger partial charge on any atom is -0.417 e. The van der Waals surface area contributed by atoms with Gasteiger partial charge in [-0.05, 0) is 0 Å². The van der Waals surface area contributed by atoms with Crippen LogP contribution in [0.15, 0.2) is 0 Å². The fourth-order valence-corrected chi connectivity index (χ4v) is 0.0962. The lowest BCUT2D eigenvalue weighted by Crippen LogP contribution is -1.93. The molecule has 0 spiro atoms. The van der Waals surface area contributed by atoms with Crippen LogP contribution in [0.4, 0.5) is 0 Å². The maximum atomic E-state index is 6.62. The van der Waals surface area contributed by atoms with Crippen molar-refractivity contribution in [3.63, 3.8) is 0 Å². The standard InChI is InChI=1S/C2H7BO2/c1-4-3-5-2/h3H,1-2H3/i3T. The Hall–Kier alpha value is -0.0151. The zero-order chi connectivity index (χ0) is 4.99. The van der Waals surface area contributed by atoms with Gasteiger partial charge in [-0.2, -0.15) is 0 Å². The molecule has 3 heteroatoms. The van der Waals surface area contributed by atoms with Crippen molar-refractivity contribution in [2.75, 3.05) is 14.2 Å². The molecule has 0 aliphatic carbocycles. The molecule has 0 aromatic carbocycles. The molecule has 0 saturated carbocycles. The average molecular weight is 75.9 g/mol. The van der Waals surface area contributed by atoms with Crippen molar-refractivity contribution in [3.05, 3.63) is 0 Å². The van der Waals surface area contributed by atoms with E-state index in [1.807, 2.05) is 0 Å². The van der Waals surface area contributed by atoms with E-state index in [2.05, 4.69) is 9.31 Å². The van der Waals surface area contributed by atoms with Gasteiger partial charge in [-0.1, -0.05) is 0 Å². The lowest BCUT2D eigenvalue weighted by molar-refractivity contribution is 0.309. The zero-order valence-electron chi connectivity index (χ0n) is 4.39. The monoisotopic (exact) mass is 76.1 g/mol. The van der Waals surface area contributed by atoms with Gasteiger partial charge in [0.25, 0.3) is 0 Å². The molecule has 0 aliphatic rings. The van der Waals surface area contributed by atoms with Crippen LogP contribution in [0.5, 0.6) is 0 Å². The Labute approximate surface area is 33.7 Å². The Morgan fingerprint density at radius 1 is 1.60 bits per heavy atom. The highest BCUT2D eigenvalue weighted by Gasteiger charge is 1.73. The Morgan fingerprint density at radius 2 is 2.00 bits per heavy atom. The maximum absolute atomic E-state index is 6.62. The van der Waals surface area contributed by atoms with E-state index in [1.54, 1.807) is 0 Å². The first-order chi connectivity index (χ1) is 2.81. The summed E-state index contributed by atoms with van der Waals surface area (Å²) in [6.45, 7) is 0. The molecule has 0 aliphatic heterocycles. The Kier molecular flexibility index (Phi) is 2.54. The first-order valence-corrected chi connectivity index (χ1v) is 1.29. The predicted molar refractivity (Wildman–Crippen MR) is 21.2 cm³/mol. The van der Waals surface area contributed by atoms with Crippen molar-refractivity contribution >= 4 is 7.65 Å². The number of hydrogen-bond acceptors (Lipinski definition) is 2. The third kappa shape index (κ3) is 3.98. The summed E-state index contributed by atoms with van der Waals surface area (Å²) < 4.78 is 15.3. The minimum absolute atomic E-state index is 0.815.